The van der Waals surface area contributed by atoms with Crippen LogP contribution in [-0.2, 0) is 16.1 Å². The molecule has 2 aliphatic rings. The van der Waals surface area contributed by atoms with Crippen molar-refractivity contribution < 1.29 is 24.1 Å². The van der Waals surface area contributed by atoms with Gasteiger partial charge in [-0.2, -0.15) is 0 Å². The summed E-state index contributed by atoms with van der Waals surface area (Å²) in [4.78, 5) is 13.3. The van der Waals surface area contributed by atoms with Crippen molar-refractivity contribution in [2.24, 2.45) is 5.92 Å². The largest absolute Gasteiger partial charge is 0.493 e. The van der Waals surface area contributed by atoms with E-state index in [1.54, 1.807) is 7.11 Å². The molecule has 3 rings (SSSR count). The quantitative estimate of drug-likeness (QED) is 0.816. The molecule has 0 radical (unpaired) electrons. The first-order valence-electron chi connectivity index (χ1n) is 9.02. The summed E-state index contributed by atoms with van der Waals surface area (Å²) in [5.74, 6) is 0.607. The normalized spacial score (nSPS) is 22.0. The number of carboxylic acid groups (broad SMARTS) is 1. The molecule has 1 N–H and O–H groups in total. The van der Waals surface area contributed by atoms with E-state index in [9.17, 15) is 4.79 Å². The van der Waals surface area contributed by atoms with Crippen LogP contribution in [0.4, 0.5) is 0 Å². The number of hydrogen-bond donors (Lipinski definition) is 1. The molecule has 25 heavy (non-hydrogen) atoms. The Bertz CT molecular complexity index is 577. The first-order valence-corrected chi connectivity index (χ1v) is 9.02. The average Bonchev–Trinajstić information content (AvgIpc) is 3.14. The van der Waals surface area contributed by atoms with Crippen LogP contribution in [0.5, 0.6) is 11.5 Å². The second kappa shape index (κ2) is 8.54. The van der Waals surface area contributed by atoms with E-state index in [0.29, 0.717) is 6.61 Å². The molecule has 0 aromatic heterocycles. The molecule has 0 spiro atoms. The van der Waals surface area contributed by atoms with Crippen LogP contribution in [0.3, 0.4) is 0 Å². The molecular weight excluding hydrogens is 322 g/mol. The second-order valence-corrected chi connectivity index (χ2v) is 6.82. The number of hydrogen-bond acceptors (Lipinski definition) is 5. The highest BCUT2D eigenvalue weighted by Gasteiger charge is 2.24. The van der Waals surface area contributed by atoms with E-state index in [2.05, 4.69) is 11.0 Å². The van der Waals surface area contributed by atoms with Gasteiger partial charge in [-0.25, -0.2) is 0 Å². The zero-order chi connectivity index (χ0) is 17.6. The number of methoxy groups -OCH3 is 1. The van der Waals surface area contributed by atoms with Crippen LogP contribution < -0.4 is 9.47 Å². The smallest absolute Gasteiger partial charge is 0.306 e. The van der Waals surface area contributed by atoms with E-state index < -0.39 is 5.97 Å². The van der Waals surface area contributed by atoms with E-state index in [-0.39, 0.29) is 12.0 Å². The molecule has 2 heterocycles. The Kier molecular flexibility index (Phi) is 6.15. The third-order valence-corrected chi connectivity index (χ3v) is 5.02. The summed E-state index contributed by atoms with van der Waals surface area (Å²) in [5, 5.41) is 9.08. The topological polar surface area (TPSA) is 68.2 Å². The van der Waals surface area contributed by atoms with Gasteiger partial charge in [0, 0.05) is 13.2 Å². The Morgan fingerprint density at radius 2 is 2.08 bits per heavy atom. The molecular formula is C19H27NO5. The number of carbonyl (C=O) groups is 1. The second-order valence-electron chi connectivity index (χ2n) is 6.82. The number of benzene rings is 1. The number of likely N-dealkylation sites (tertiary alicyclic amines) is 1. The minimum Gasteiger partial charge on any atom is -0.493 e. The van der Waals surface area contributed by atoms with E-state index >= 15 is 0 Å². The van der Waals surface area contributed by atoms with Crippen molar-refractivity contribution in [2.45, 2.75) is 38.3 Å². The number of carboxylic acids is 1. The monoisotopic (exact) mass is 349 g/mol. The molecule has 0 aliphatic carbocycles. The van der Waals surface area contributed by atoms with Gasteiger partial charge in [0.05, 0.1) is 19.1 Å². The lowest BCUT2D eigenvalue weighted by molar-refractivity contribution is -0.143. The number of nitrogens with zero attached hydrogens (tertiary/aromatic N) is 1. The molecule has 1 atom stereocenters. The van der Waals surface area contributed by atoms with Gasteiger partial charge < -0.3 is 19.3 Å². The first-order chi connectivity index (χ1) is 12.2. The lowest BCUT2D eigenvalue weighted by Gasteiger charge is -2.30. The third-order valence-electron chi connectivity index (χ3n) is 5.02. The van der Waals surface area contributed by atoms with Crippen LogP contribution in [0.15, 0.2) is 18.2 Å². The number of ether oxygens (including phenoxy) is 3. The van der Waals surface area contributed by atoms with E-state index in [1.807, 2.05) is 12.1 Å². The van der Waals surface area contributed by atoms with Gasteiger partial charge in [0.25, 0.3) is 0 Å². The summed E-state index contributed by atoms with van der Waals surface area (Å²) in [6.07, 6.45) is 3.76. The van der Waals surface area contributed by atoms with Gasteiger partial charge in [-0.15, -0.1) is 0 Å². The van der Waals surface area contributed by atoms with Crippen molar-refractivity contribution >= 4 is 5.97 Å². The molecule has 0 saturated carbocycles. The Balaban J connectivity index is 1.54. The highest BCUT2D eigenvalue weighted by Crippen LogP contribution is 2.30. The minimum atomic E-state index is -0.672. The van der Waals surface area contributed by atoms with E-state index in [4.69, 9.17) is 19.3 Å². The summed E-state index contributed by atoms with van der Waals surface area (Å²) in [7, 11) is 1.65. The molecule has 1 aromatic rings. The zero-order valence-electron chi connectivity index (χ0n) is 14.8. The van der Waals surface area contributed by atoms with Crippen LogP contribution in [0.25, 0.3) is 0 Å². The zero-order valence-corrected chi connectivity index (χ0v) is 14.8. The molecule has 6 nitrogen and oxygen atoms in total. The van der Waals surface area contributed by atoms with Crippen LogP contribution in [0.1, 0.15) is 31.2 Å². The Morgan fingerprint density at radius 3 is 2.72 bits per heavy atom. The fraction of sp³-hybridized carbons (Fsp3) is 0.632. The molecule has 1 unspecified atom stereocenters. The van der Waals surface area contributed by atoms with Crippen LogP contribution in [0, 0.1) is 5.92 Å². The van der Waals surface area contributed by atoms with Crippen LogP contribution in [-0.4, -0.2) is 55.5 Å². The molecule has 2 saturated heterocycles. The Hall–Kier alpha value is -1.79. The molecule has 0 bridgehead atoms. The van der Waals surface area contributed by atoms with Gasteiger partial charge in [0.2, 0.25) is 0 Å². The highest BCUT2D eigenvalue weighted by atomic mass is 16.5. The molecule has 1 aromatic carbocycles. The lowest BCUT2D eigenvalue weighted by atomic mass is 9.97. The lowest BCUT2D eigenvalue weighted by Crippen LogP contribution is -2.35. The van der Waals surface area contributed by atoms with Crippen LogP contribution in [0.2, 0.25) is 0 Å². The van der Waals surface area contributed by atoms with Gasteiger partial charge in [-0.3, -0.25) is 9.69 Å². The molecule has 2 aliphatic heterocycles. The number of piperidine rings is 1. The third kappa shape index (κ3) is 4.86. The van der Waals surface area contributed by atoms with Gasteiger partial charge in [0.1, 0.15) is 6.61 Å². The number of aliphatic carboxylic acids is 1. The fourth-order valence-electron chi connectivity index (χ4n) is 3.48. The summed E-state index contributed by atoms with van der Waals surface area (Å²) < 4.78 is 16.9. The summed E-state index contributed by atoms with van der Waals surface area (Å²) in [6.45, 7) is 3.81. The predicted molar refractivity (Wildman–Crippen MR) is 93.1 cm³/mol. The van der Waals surface area contributed by atoms with Crippen molar-refractivity contribution in [3.05, 3.63) is 23.8 Å². The Labute approximate surface area is 148 Å². The van der Waals surface area contributed by atoms with Gasteiger partial charge in [-0.1, -0.05) is 6.07 Å². The highest BCUT2D eigenvalue weighted by molar-refractivity contribution is 5.70. The average molecular weight is 349 g/mol. The predicted octanol–water partition coefficient (Wildman–Crippen LogP) is 2.55. The maximum Gasteiger partial charge on any atom is 0.306 e. The fourth-order valence-corrected chi connectivity index (χ4v) is 3.48. The maximum absolute atomic E-state index is 11.0. The molecule has 2 fully saturated rings. The molecule has 138 valence electrons. The minimum absolute atomic E-state index is 0.180. The number of rotatable bonds is 7. The molecule has 6 heteroatoms. The van der Waals surface area contributed by atoms with Crippen molar-refractivity contribution in [1.29, 1.82) is 0 Å². The van der Waals surface area contributed by atoms with Gasteiger partial charge in [0.15, 0.2) is 11.5 Å². The van der Waals surface area contributed by atoms with E-state index in [1.165, 1.54) is 0 Å². The first kappa shape index (κ1) is 18.0. The van der Waals surface area contributed by atoms with Crippen LogP contribution >= 0.6 is 0 Å². The van der Waals surface area contributed by atoms with Crippen molar-refractivity contribution in [3.63, 3.8) is 0 Å². The van der Waals surface area contributed by atoms with E-state index in [0.717, 1.165) is 69.0 Å². The SMILES string of the molecule is COc1cc(CN2CCC(C(=O)O)CC2)ccc1OCC1CCCO1. The van der Waals surface area contributed by atoms with Crippen molar-refractivity contribution in [2.75, 3.05) is 33.4 Å². The standard InChI is InChI=1S/C19H27NO5/c1-23-18-11-14(12-20-8-6-15(7-9-20)19(21)22)4-5-17(18)25-13-16-3-2-10-24-16/h4-5,11,15-16H,2-3,6-10,12-13H2,1H3,(H,21,22). The summed E-state index contributed by atoms with van der Waals surface area (Å²) in [6, 6.07) is 6.01. The maximum atomic E-state index is 11.0. The van der Waals surface area contributed by atoms with Gasteiger partial charge >= 0.3 is 5.97 Å². The van der Waals surface area contributed by atoms with Crippen molar-refractivity contribution in [1.82, 2.24) is 4.90 Å². The van der Waals surface area contributed by atoms with Crippen molar-refractivity contribution in [3.8, 4) is 11.5 Å². The molecule has 0 amide bonds. The van der Waals surface area contributed by atoms with Gasteiger partial charge in [-0.05, 0) is 56.5 Å². The Morgan fingerprint density at radius 1 is 1.28 bits per heavy atom. The summed E-state index contributed by atoms with van der Waals surface area (Å²) in [5.41, 5.74) is 1.15. The summed E-state index contributed by atoms with van der Waals surface area (Å²) >= 11 is 0.